The molecule has 24 heavy (non-hydrogen) atoms. The predicted molar refractivity (Wildman–Crippen MR) is 92.7 cm³/mol. The highest BCUT2D eigenvalue weighted by Gasteiger charge is 2.32. The molecule has 0 bridgehead atoms. The molecule has 1 saturated carbocycles. The molecule has 1 N–H and O–H groups in total. The molecule has 0 radical (unpaired) electrons. The van der Waals surface area contributed by atoms with E-state index in [0.29, 0.717) is 11.5 Å². The highest BCUT2D eigenvalue weighted by atomic mass is 16.4. The number of carboxylic acid groups (broad SMARTS) is 1. The highest BCUT2D eigenvalue weighted by molar-refractivity contribution is 5.89. The standard InChI is InChI=1S/C20H18N2O2/c1-13-4-2-5-15(10-13)16-6-3-7-17(11-16)22-19(14-8-9-14)18(12-21-22)20(23)24/h2-7,10-12,14H,8-9H2,1H3,(H,23,24). The lowest BCUT2D eigenvalue weighted by atomic mass is 10.0. The second-order valence-corrected chi connectivity index (χ2v) is 6.35. The van der Waals surface area contributed by atoms with Gasteiger partial charge in [0.25, 0.3) is 0 Å². The maximum absolute atomic E-state index is 11.5. The van der Waals surface area contributed by atoms with Gasteiger partial charge in [0, 0.05) is 5.92 Å². The number of rotatable bonds is 4. The van der Waals surface area contributed by atoms with Crippen LogP contribution < -0.4 is 0 Å². The van der Waals surface area contributed by atoms with Crippen LogP contribution in [-0.2, 0) is 0 Å². The van der Waals surface area contributed by atoms with Crippen molar-refractivity contribution in [2.45, 2.75) is 25.7 Å². The maximum Gasteiger partial charge on any atom is 0.339 e. The molecule has 120 valence electrons. The molecule has 1 aromatic heterocycles. The topological polar surface area (TPSA) is 55.1 Å². The number of aryl methyl sites for hydroxylation is 1. The van der Waals surface area contributed by atoms with Crippen molar-refractivity contribution < 1.29 is 9.90 Å². The van der Waals surface area contributed by atoms with Gasteiger partial charge in [-0.2, -0.15) is 5.10 Å². The molecule has 0 saturated heterocycles. The van der Waals surface area contributed by atoms with E-state index in [2.05, 4.69) is 42.4 Å². The summed E-state index contributed by atoms with van der Waals surface area (Å²) in [5.41, 5.74) is 5.51. The van der Waals surface area contributed by atoms with E-state index in [-0.39, 0.29) is 0 Å². The zero-order valence-electron chi connectivity index (χ0n) is 13.4. The summed E-state index contributed by atoms with van der Waals surface area (Å²) in [6, 6.07) is 16.5. The molecule has 1 fully saturated rings. The van der Waals surface area contributed by atoms with Gasteiger partial charge in [-0.1, -0.05) is 42.0 Å². The van der Waals surface area contributed by atoms with Crippen molar-refractivity contribution in [2.24, 2.45) is 0 Å². The molecule has 1 aliphatic rings. The second kappa shape index (κ2) is 5.64. The van der Waals surface area contributed by atoms with E-state index in [1.54, 1.807) is 4.68 Å². The maximum atomic E-state index is 11.5. The molecule has 4 rings (SSSR count). The van der Waals surface area contributed by atoms with E-state index >= 15 is 0 Å². The Labute approximate surface area is 140 Å². The van der Waals surface area contributed by atoms with Crippen molar-refractivity contribution >= 4 is 5.97 Å². The molecule has 4 heteroatoms. The third-order valence-corrected chi connectivity index (χ3v) is 4.44. The second-order valence-electron chi connectivity index (χ2n) is 6.35. The lowest BCUT2D eigenvalue weighted by Crippen LogP contribution is -2.05. The third-order valence-electron chi connectivity index (χ3n) is 4.44. The SMILES string of the molecule is Cc1cccc(-c2cccc(-n3ncc(C(=O)O)c3C3CC3)c2)c1. The fraction of sp³-hybridized carbons (Fsp3) is 0.200. The molecule has 2 aromatic carbocycles. The Morgan fingerprint density at radius 2 is 1.83 bits per heavy atom. The lowest BCUT2D eigenvalue weighted by molar-refractivity contribution is 0.0695. The van der Waals surface area contributed by atoms with Crippen molar-refractivity contribution in [3.8, 4) is 16.8 Å². The molecule has 0 spiro atoms. The van der Waals surface area contributed by atoms with Gasteiger partial charge in [-0.15, -0.1) is 0 Å². The molecule has 0 atom stereocenters. The molecule has 1 heterocycles. The Bertz CT molecular complexity index is 923. The Morgan fingerprint density at radius 1 is 1.12 bits per heavy atom. The van der Waals surface area contributed by atoms with Crippen LogP contribution in [-0.4, -0.2) is 20.9 Å². The van der Waals surface area contributed by atoms with Gasteiger partial charge in [0.2, 0.25) is 0 Å². The van der Waals surface area contributed by atoms with Gasteiger partial charge >= 0.3 is 5.97 Å². The third kappa shape index (κ3) is 2.60. The van der Waals surface area contributed by atoms with Gasteiger partial charge in [-0.3, -0.25) is 0 Å². The molecule has 0 aliphatic heterocycles. The van der Waals surface area contributed by atoms with Crippen LogP contribution in [0.25, 0.3) is 16.8 Å². The first-order chi connectivity index (χ1) is 11.6. The first-order valence-electron chi connectivity index (χ1n) is 8.12. The number of carbonyl (C=O) groups is 1. The number of carboxylic acids is 1. The molecule has 0 unspecified atom stereocenters. The number of aromatic nitrogens is 2. The number of hydrogen-bond acceptors (Lipinski definition) is 2. The average Bonchev–Trinajstić information content (AvgIpc) is 3.32. The summed E-state index contributed by atoms with van der Waals surface area (Å²) < 4.78 is 1.79. The van der Waals surface area contributed by atoms with Gasteiger partial charge in [-0.25, -0.2) is 9.48 Å². The van der Waals surface area contributed by atoms with Gasteiger partial charge in [0.1, 0.15) is 5.56 Å². The van der Waals surface area contributed by atoms with Crippen LogP contribution in [0.2, 0.25) is 0 Å². The highest BCUT2D eigenvalue weighted by Crippen LogP contribution is 2.42. The first kappa shape index (κ1) is 14.7. The van der Waals surface area contributed by atoms with E-state index in [9.17, 15) is 9.90 Å². The fourth-order valence-corrected chi connectivity index (χ4v) is 3.12. The quantitative estimate of drug-likeness (QED) is 0.774. The summed E-state index contributed by atoms with van der Waals surface area (Å²) in [6.07, 6.45) is 3.53. The zero-order valence-corrected chi connectivity index (χ0v) is 13.4. The van der Waals surface area contributed by atoms with E-state index in [1.807, 2.05) is 18.2 Å². The van der Waals surface area contributed by atoms with Gasteiger partial charge < -0.3 is 5.11 Å². The monoisotopic (exact) mass is 318 g/mol. The van der Waals surface area contributed by atoms with Crippen molar-refractivity contribution in [1.29, 1.82) is 0 Å². The lowest BCUT2D eigenvalue weighted by Gasteiger charge is -2.10. The summed E-state index contributed by atoms with van der Waals surface area (Å²) in [5, 5.41) is 13.8. The van der Waals surface area contributed by atoms with Crippen LogP contribution in [0.5, 0.6) is 0 Å². The van der Waals surface area contributed by atoms with Crippen LogP contribution in [0.15, 0.2) is 54.7 Å². The number of hydrogen-bond donors (Lipinski definition) is 1. The molecule has 1 aliphatic carbocycles. The molecule has 3 aromatic rings. The summed E-state index contributed by atoms with van der Waals surface area (Å²) >= 11 is 0. The summed E-state index contributed by atoms with van der Waals surface area (Å²) in [7, 11) is 0. The Kier molecular flexibility index (Phi) is 3.45. The Balaban J connectivity index is 1.81. The number of benzene rings is 2. The van der Waals surface area contributed by atoms with Crippen LogP contribution in [0.4, 0.5) is 0 Å². The number of aromatic carboxylic acids is 1. The van der Waals surface area contributed by atoms with Crippen LogP contribution in [0.3, 0.4) is 0 Å². The van der Waals surface area contributed by atoms with Crippen molar-refractivity contribution in [3.05, 3.63) is 71.5 Å². The van der Waals surface area contributed by atoms with Gasteiger partial charge in [0.15, 0.2) is 0 Å². The zero-order chi connectivity index (χ0) is 16.7. The molecular weight excluding hydrogens is 300 g/mol. The Morgan fingerprint density at radius 3 is 2.50 bits per heavy atom. The van der Waals surface area contributed by atoms with Crippen LogP contribution in [0.1, 0.15) is 40.4 Å². The molecule has 0 amide bonds. The van der Waals surface area contributed by atoms with Crippen LogP contribution >= 0.6 is 0 Å². The summed E-state index contributed by atoms with van der Waals surface area (Å²) in [5.74, 6) is -0.598. The largest absolute Gasteiger partial charge is 0.478 e. The average molecular weight is 318 g/mol. The normalized spacial score (nSPS) is 13.9. The minimum Gasteiger partial charge on any atom is -0.478 e. The summed E-state index contributed by atoms with van der Waals surface area (Å²) in [4.78, 5) is 11.5. The number of nitrogens with zero attached hydrogens (tertiary/aromatic N) is 2. The smallest absolute Gasteiger partial charge is 0.339 e. The van der Waals surface area contributed by atoms with E-state index < -0.39 is 5.97 Å². The minimum atomic E-state index is -0.905. The van der Waals surface area contributed by atoms with Crippen molar-refractivity contribution in [3.63, 3.8) is 0 Å². The van der Waals surface area contributed by atoms with Gasteiger partial charge in [-0.05, 0) is 43.0 Å². The fourth-order valence-electron chi connectivity index (χ4n) is 3.12. The summed E-state index contributed by atoms with van der Waals surface area (Å²) in [6.45, 7) is 2.07. The van der Waals surface area contributed by atoms with Crippen molar-refractivity contribution in [2.75, 3.05) is 0 Å². The van der Waals surface area contributed by atoms with Crippen molar-refractivity contribution in [1.82, 2.24) is 9.78 Å². The minimum absolute atomic E-state index is 0.307. The predicted octanol–water partition coefficient (Wildman–Crippen LogP) is 4.42. The van der Waals surface area contributed by atoms with Crippen LogP contribution in [0, 0.1) is 6.92 Å². The van der Waals surface area contributed by atoms with E-state index in [0.717, 1.165) is 35.3 Å². The van der Waals surface area contributed by atoms with E-state index in [1.165, 1.54) is 11.8 Å². The Hall–Kier alpha value is -2.88. The van der Waals surface area contributed by atoms with E-state index in [4.69, 9.17) is 0 Å². The van der Waals surface area contributed by atoms with Gasteiger partial charge in [0.05, 0.1) is 17.6 Å². The molecule has 4 nitrogen and oxygen atoms in total. The molecular formula is C20H18N2O2. The first-order valence-corrected chi connectivity index (χ1v) is 8.12.